The Morgan fingerprint density at radius 2 is 2.00 bits per heavy atom. The van der Waals surface area contributed by atoms with E-state index < -0.39 is 5.41 Å². The van der Waals surface area contributed by atoms with Crippen molar-refractivity contribution in [2.24, 2.45) is 5.41 Å². The molecule has 1 N–H and O–H groups in total. The van der Waals surface area contributed by atoms with Crippen LogP contribution >= 0.6 is 22.6 Å². The van der Waals surface area contributed by atoms with Crippen molar-refractivity contribution in [1.82, 2.24) is 5.32 Å². The van der Waals surface area contributed by atoms with Gasteiger partial charge in [0.2, 0.25) is 3.79 Å². The number of carbonyl (C=O) groups is 3. The van der Waals surface area contributed by atoms with Crippen molar-refractivity contribution in [1.29, 1.82) is 0 Å². The van der Waals surface area contributed by atoms with Crippen LogP contribution in [0.15, 0.2) is 0 Å². The molecule has 2 rings (SSSR count). The van der Waals surface area contributed by atoms with E-state index in [1.165, 1.54) is 0 Å². The second-order valence-electron chi connectivity index (χ2n) is 5.18. The summed E-state index contributed by atoms with van der Waals surface area (Å²) in [7, 11) is 0. The maximum Gasteiger partial charge on any atom is 0.213 e. The van der Waals surface area contributed by atoms with E-state index >= 15 is 0 Å². The first kappa shape index (κ1) is 14.1. The number of piperidine rings is 1. The third-order valence-electron chi connectivity index (χ3n) is 4.06. The molecule has 0 aromatic rings. The van der Waals surface area contributed by atoms with Gasteiger partial charge in [-0.05, 0) is 32.2 Å². The van der Waals surface area contributed by atoms with E-state index in [1.54, 1.807) is 22.6 Å². The number of rotatable bonds is 3. The zero-order valence-corrected chi connectivity index (χ0v) is 12.5. The first-order chi connectivity index (χ1) is 8.59. The number of ketones is 2. The van der Waals surface area contributed by atoms with Gasteiger partial charge in [0, 0.05) is 29.0 Å². The third kappa shape index (κ3) is 2.39. The highest BCUT2D eigenvalue weighted by Crippen LogP contribution is 2.39. The Hall–Kier alpha value is -0.300. The molecule has 1 aliphatic heterocycles. The van der Waals surface area contributed by atoms with E-state index in [0.29, 0.717) is 12.8 Å². The van der Waals surface area contributed by atoms with Crippen LogP contribution in [0.3, 0.4) is 0 Å². The van der Waals surface area contributed by atoms with Gasteiger partial charge in [0.05, 0.1) is 6.04 Å². The van der Waals surface area contributed by atoms with Crippen molar-refractivity contribution in [2.75, 3.05) is 6.54 Å². The molecule has 5 heteroatoms. The summed E-state index contributed by atoms with van der Waals surface area (Å²) in [5, 5.41) is 3.16. The summed E-state index contributed by atoms with van der Waals surface area (Å²) in [5.41, 5.74) is -1.34. The van der Waals surface area contributed by atoms with Gasteiger partial charge in [0.1, 0.15) is 0 Å². The Labute approximate surface area is 120 Å². The molecule has 2 fully saturated rings. The standard InChI is InChI=1S/C13H18INO3/c14-12(18)13(7-3-1-6-10(13)16)11(17)9-5-2-4-8-15-9/h9,15H,1-8H2. The van der Waals surface area contributed by atoms with Crippen LogP contribution in [-0.2, 0) is 14.4 Å². The van der Waals surface area contributed by atoms with Crippen LogP contribution in [0.1, 0.15) is 44.9 Å². The van der Waals surface area contributed by atoms with Gasteiger partial charge in [0.15, 0.2) is 17.0 Å². The average molecular weight is 363 g/mol. The van der Waals surface area contributed by atoms with Crippen LogP contribution in [0.5, 0.6) is 0 Å². The molecule has 100 valence electrons. The number of carbonyl (C=O) groups excluding carboxylic acids is 3. The molecule has 2 aliphatic rings. The normalized spacial score (nSPS) is 33.2. The van der Waals surface area contributed by atoms with Gasteiger partial charge in [-0.2, -0.15) is 0 Å². The van der Waals surface area contributed by atoms with Crippen LogP contribution in [0, 0.1) is 5.41 Å². The lowest BCUT2D eigenvalue weighted by molar-refractivity contribution is -0.148. The second kappa shape index (κ2) is 5.77. The molecule has 0 bridgehead atoms. The maximum atomic E-state index is 12.6. The SMILES string of the molecule is O=C(I)C1(C(=O)C2CCCCN2)CCCCC1=O. The summed E-state index contributed by atoms with van der Waals surface area (Å²) in [5.74, 6) is -0.336. The van der Waals surface area contributed by atoms with E-state index in [2.05, 4.69) is 5.32 Å². The average Bonchev–Trinajstić information content (AvgIpc) is 2.39. The second-order valence-corrected chi connectivity index (χ2v) is 6.16. The highest BCUT2D eigenvalue weighted by atomic mass is 127. The number of hydrogen-bond acceptors (Lipinski definition) is 4. The van der Waals surface area contributed by atoms with Crippen molar-refractivity contribution >= 4 is 37.9 Å². The molecule has 0 amide bonds. The van der Waals surface area contributed by atoms with Gasteiger partial charge in [-0.15, -0.1) is 0 Å². The summed E-state index contributed by atoms with van der Waals surface area (Å²) in [6.45, 7) is 0.802. The van der Waals surface area contributed by atoms with Gasteiger partial charge in [-0.3, -0.25) is 14.4 Å². The predicted octanol–water partition coefficient (Wildman–Crippen LogP) is 1.79. The first-order valence-corrected chi connectivity index (χ1v) is 7.68. The summed E-state index contributed by atoms with van der Waals surface area (Å²) in [4.78, 5) is 36.7. The smallest absolute Gasteiger partial charge is 0.213 e. The van der Waals surface area contributed by atoms with E-state index in [0.717, 1.165) is 38.6 Å². The first-order valence-electron chi connectivity index (χ1n) is 6.60. The lowest BCUT2D eigenvalue weighted by atomic mass is 9.68. The molecule has 1 saturated heterocycles. The summed E-state index contributed by atoms with van der Waals surface area (Å²) < 4.78 is -0.290. The fraction of sp³-hybridized carbons (Fsp3) is 0.769. The van der Waals surface area contributed by atoms with Crippen LogP contribution in [0.4, 0.5) is 0 Å². The number of nitrogens with one attached hydrogen (secondary N) is 1. The van der Waals surface area contributed by atoms with Crippen molar-refractivity contribution in [2.45, 2.75) is 51.0 Å². The summed E-state index contributed by atoms with van der Waals surface area (Å²) in [6, 6.07) is -0.306. The molecule has 1 saturated carbocycles. The Morgan fingerprint density at radius 3 is 2.56 bits per heavy atom. The van der Waals surface area contributed by atoms with Gasteiger partial charge in [-0.1, -0.05) is 12.8 Å². The zero-order chi connectivity index (χ0) is 13.2. The van der Waals surface area contributed by atoms with Crippen LogP contribution in [0.2, 0.25) is 0 Å². The van der Waals surface area contributed by atoms with Crippen molar-refractivity contribution in [3.8, 4) is 0 Å². The maximum absolute atomic E-state index is 12.6. The molecule has 1 heterocycles. The van der Waals surface area contributed by atoms with Crippen LogP contribution in [0.25, 0.3) is 0 Å². The molecule has 2 atom stereocenters. The Balaban J connectivity index is 2.26. The minimum Gasteiger partial charge on any atom is -0.307 e. The van der Waals surface area contributed by atoms with E-state index in [1.807, 2.05) is 0 Å². The molecule has 0 spiro atoms. The highest BCUT2D eigenvalue weighted by molar-refractivity contribution is 14.1. The van der Waals surface area contributed by atoms with Crippen molar-refractivity contribution < 1.29 is 14.4 Å². The molecule has 1 aliphatic carbocycles. The fourth-order valence-corrected chi connectivity index (χ4v) is 3.80. The molecule has 0 aromatic heterocycles. The summed E-state index contributed by atoms with van der Waals surface area (Å²) >= 11 is 1.63. The van der Waals surface area contributed by atoms with Gasteiger partial charge >= 0.3 is 0 Å². The number of halogens is 1. The van der Waals surface area contributed by atoms with Crippen LogP contribution in [-0.4, -0.2) is 27.9 Å². The summed E-state index contributed by atoms with van der Waals surface area (Å²) in [6.07, 6.45) is 5.16. The molecule has 0 aromatic carbocycles. The van der Waals surface area contributed by atoms with Gasteiger partial charge < -0.3 is 5.32 Å². The minimum atomic E-state index is -1.34. The third-order valence-corrected chi connectivity index (χ3v) is 4.99. The monoisotopic (exact) mass is 363 g/mol. The van der Waals surface area contributed by atoms with E-state index in [4.69, 9.17) is 0 Å². The van der Waals surface area contributed by atoms with Gasteiger partial charge in [-0.25, -0.2) is 0 Å². The Kier molecular flexibility index (Phi) is 4.53. The molecular formula is C13H18INO3. The predicted molar refractivity (Wildman–Crippen MR) is 75.6 cm³/mol. The molecule has 18 heavy (non-hydrogen) atoms. The van der Waals surface area contributed by atoms with Crippen molar-refractivity contribution in [3.05, 3.63) is 0 Å². The van der Waals surface area contributed by atoms with E-state index in [9.17, 15) is 14.4 Å². The Bertz CT molecular complexity index is 376. The highest BCUT2D eigenvalue weighted by Gasteiger charge is 2.53. The lowest BCUT2D eigenvalue weighted by Crippen LogP contribution is -2.55. The fourth-order valence-electron chi connectivity index (χ4n) is 2.97. The lowest BCUT2D eigenvalue weighted by Gasteiger charge is -2.35. The topological polar surface area (TPSA) is 63.2 Å². The van der Waals surface area contributed by atoms with Gasteiger partial charge in [0.25, 0.3) is 0 Å². The minimum absolute atomic E-state index is 0.162. The quantitative estimate of drug-likeness (QED) is 0.472. The number of Topliss-reactive ketones (excluding diaryl/α,β-unsaturated/α-hetero) is 2. The molecular weight excluding hydrogens is 345 g/mol. The molecule has 2 unspecified atom stereocenters. The number of hydrogen-bond donors (Lipinski definition) is 1. The Morgan fingerprint density at radius 1 is 1.22 bits per heavy atom. The largest absolute Gasteiger partial charge is 0.307 e. The van der Waals surface area contributed by atoms with Crippen LogP contribution < -0.4 is 5.32 Å². The zero-order valence-electron chi connectivity index (χ0n) is 10.3. The molecule has 4 nitrogen and oxygen atoms in total. The van der Waals surface area contributed by atoms with Crippen molar-refractivity contribution in [3.63, 3.8) is 0 Å². The van der Waals surface area contributed by atoms with E-state index in [-0.39, 0.29) is 21.4 Å². The molecule has 0 radical (unpaired) electrons.